The first-order chi connectivity index (χ1) is 7.65. The first-order valence-electron chi connectivity index (χ1n) is 5.69. The van der Waals surface area contributed by atoms with Crippen LogP contribution >= 0.6 is 0 Å². The number of nitrogens with zero attached hydrogens (tertiary/aromatic N) is 1. The zero-order chi connectivity index (χ0) is 12.0. The lowest BCUT2D eigenvalue weighted by molar-refractivity contribution is 0.258. The van der Waals surface area contributed by atoms with Crippen LogP contribution in [0.2, 0.25) is 0 Å². The summed E-state index contributed by atoms with van der Waals surface area (Å²) in [6.45, 7) is 3.79. The van der Waals surface area contributed by atoms with E-state index in [0.717, 1.165) is 18.9 Å². The molecule has 0 fully saturated rings. The summed E-state index contributed by atoms with van der Waals surface area (Å²) in [5.74, 6) is 0.978. The molecular formula is C13H22N2O. The Kier molecular flexibility index (Phi) is 5.29. The number of nitrogens with one attached hydrogen (secondary N) is 1. The van der Waals surface area contributed by atoms with Crippen molar-refractivity contribution in [3.05, 3.63) is 29.8 Å². The van der Waals surface area contributed by atoms with Crippen molar-refractivity contribution in [3.63, 3.8) is 0 Å². The summed E-state index contributed by atoms with van der Waals surface area (Å²) in [6, 6.07) is 8.50. The summed E-state index contributed by atoms with van der Waals surface area (Å²) < 4.78 is 5.79. The smallest absolute Gasteiger partial charge is 0.124 e. The van der Waals surface area contributed by atoms with Gasteiger partial charge in [0.15, 0.2) is 0 Å². The van der Waals surface area contributed by atoms with Gasteiger partial charge in [-0.1, -0.05) is 18.2 Å². The second kappa shape index (κ2) is 6.51. The fraction of sp³-hybridized carbons (Fsp3) is 0.538. The number of ether oxygens (including phenoxy) is 1. The maximum atomic E-state index is 5.79. The Bertz CT molecular complexity index is 313. The van der Waals surface area contributed by atoms with E-state index in [9.17, 15) is 0 Å². The molecule has 1 atom stereocenters. The van der Waals surface area contributed by atoms with E-state index in [1.165, 1.54) is 5.56 Å². The average molecular weight is 222 g/mol. The summed E-state index contributed by atoms with van der Waals surface area (Å²) >= 11 is 0. The van der Waals surface area contributed by atoms with Gasteiger partial charge in [0.2, 0.25) is 0 Å². The third-order valence-electron chi connectivity index (χ3n) is 2.61. The van der Waals surface area contributed by atoms with Crippen molar-refractivity contribution in [2.45, 2.75) is 13.0 Å². The molecule has 0 aromatic heterocycles. The lowest BCUT2D eigenvalue weighted by Crippen LogP contribution is -2.20. The van der Waals surface area contributed by atoms with Gasteiger partial charge < -0.3 is 15.0 Å². The molecule has 0 heterocycles. The molecule has 0 aliphatic carbocycles. The van der Waals surface area contributed by atoms with Crippen molar-refractivity contribution in [1.29, 1.82) is 0 Å². The Hall–Kier alpha value is -1.06. The monoisotopic (exact) mass is 222 g/mol. The molecule has 90 valence electrons. The Morgan fingerprint density at radius 1 is 1.31 bits per heavy atom. The highest BCUT2D eigenvalue weighted by atomic mass is 16.5. The first kappa shape index (κ1) is 13.0. The number of likely N-dealkylation sites (N-methyl/N-ethyl adjacent to an activating group) is 1. The highest BCUT2D eigenvalue weighted by molar-refractivity contribution is 5.35. The van der Waals surface area contributed by atoms with Gasteiger partial charge in [0.25, 0.3) is 0 Å². The maximum absolute atomic E-state index is 5.79. The van der Waals surface area contributed by atoms with Crippen molar-refractivity contribution < 1.29 is 4.74 Å². The Morgan fingerprint density at radius 2 is 2.00 bits per heavy atom. The number of benzene rings is 1. The fourth-order valence-corrected chi connectivity index (χ4v) is 1.46. The van der Waals surface area contributed by atoms with Gasteiger partial charge in [0, 0.05) is 18.2 Å². The van der Waals surface area contributed by atoms with Gasteiger partial charge in [-0.3, -0.25) is 0 Å². The number of hydrogen-bond acceptors (Lipinski definition) is 3. The summed E-state index contributed by atoms with van der Waals surface area (Å²) in [6.07, 6.45) is 0. The standard InChI is InChI=1S/C13H22N2O/c1-11(14-2)12-7-5-6-8-13(12)16-10-9-15(3)4/h5-8,11,14H,9-10H2,1-4H3. The summed E-state index contributed by atoms with van der Waals surface area (Å²) in [5.41, 5.74) is 1.21. The lowest BCUT2D eigenvalue weighted by Gasteiger charge is -2.17. The predicted octanol–water partition coefficient (Wildman–Crippen LogP) is 1.91. The van der Waals surface area contributed by atoms with E-state index in [4.69, 9.17) is 4.74 Å². The first-order valence-corrected chi connectivity index (χ1v) is 5.69. The summed E-state index contributed by atoms with van der Waals surface area (Å²) in [5, 5.41) is 3.23. The second-order valence-electron chi connectivity index (χ2n) is 4.20. The second-order valence-corrected chi connectivity index (χ2v) is 4.20. The van der Waals surface area contributed by atoms with Gasteiger partial charge in [-0.2, -0.15) is 0 Å². The zero-order valence-corrected chi connectivity index (χ0v) is 10.7. The van der Waals surface area contributed by atoms with Crippen LogP contribution in [0.25, 0.3) is 0 Å². The van der Waals surface area contributed by atoms with Crippen LogP contribution in [-0.2, 0) is 0 Å². The number of rotatable bonds is 6. The topological polar surface area (TPSA) is 24.5 Å². The normalized spacial score (nSPS) is 12.8. The SMILES string of the molecule is CNC(C)c1ccccc1OCCN(C)C. The van der Waals surface area contributed by atoms with Crippen LogP contribution in [0.3, 0.4) is 0 Å². The number of hydrogen-bond donors (Lipinski definition) is 1. The Labute approximate surface area is 98.4 Å². The van der Waals surface area contributed by atoms with Crippen molar-refractivity contribution in [3.8, 4) is 5.75 Å². The highest BCUT2D eigenvalue weighted by Gasteiger charge is 2.08. The molecule has 0 aliphatic rings. The van der Waals surface area contributed by atoms with E-state index in [2.05, 4.69) is 23.2 Å². The predicted molar refractivity (Wildman–Crippen MR) is 68.0 cm³/mol. The van der Waals surface area contributed by atoms with Gasteiger partial charge >= 0.3 is 0 Å². The van der Waals surface area contributed by atoms with Crippen molar-refractivity contribution >= 4 is 0 Å². The minimum atomic E-state index is 0.315. The molecule has 1 aromatic carbocycles. The molecule has 0 saturated carbocycles. The molecule has 1 aromatic rings. The maximum Gasteiger partial charge on any atom is 0.124 e. The van der Waals surface area contributed by atoms with Gasteiger partial charge in [-0.25, -0.2) is 0 Å². The molecule has 1 rings (SSSR count). The van der Waals surface area contributed by atoms with Crippen LogP contribution in [-0.4, -0.2) is 39.2 Å². The minimum Gasteiger partial charge on any atom is -0.492 e. The van der Waals surface area contributed by atoms with Crippen LogP contribution in [0, 0.1) is 0 Å². The third kappa shape index (κ3) is 3.83. The van der Waals surface area contributed by atoms with Gasteiger partial charge in [0.05, 0.1) is 0 Å². The van der Waals surface area contributed by atoms with E-state index in [1.807, 2.05) is 39.3 Å². The number of para-hydroxylation sites is 1. The zero-order valence-electron chi connectivity index (χ0n) is 10.7. The molecule has 0 spiro atoms. The molecule has 0 radical (unpaired) electrons. The van der Waals surface area contributed by atoms with Crippen LogP contribution in [0.4, 0.5) is 0 Å². The molecular weight excluding hydrogens is 200 g/mol. The molecule has 1 unspecified atom stereocenters. The summed E-state index contributed by atoms with van der Waals surface area (Å²) in [4.78, 5) is 2.12. The fourth-order valence-electron chi connectivity index (χ4n) is 1.46. The molecule has 3 heteroatoms. The molecule has 0 saturated heterocycles. The molecule has 0 aliphatic heterocycles. The van der Waals surface area contributed by atoms with E-state index >= 15 is 0 Å². The molecule has 0 amide bonds. The highest BCUT2D eigenvalue weighted by Crippen LogP contribution is 2.24. The van der Waals surface area contributed by atoms with E-state index in [0.29, 0.717) is 6.04 Å². The minimum absolute atomic E-state index is 0.315. The lowest BCUT2D eigenvalue weighted by atomic mass is 10.1. The van der Waals surface area contributed by atoms with Gasteiger partial charge in [-0.15, -0.1) is 0 Å². The van der Waals surface area contributed by atoms with Crippen molar-refractivity contribution in [2.24, 2.45) is 0 Å². The Morgan fingerprint density at radius 3 is 2.62 bits per heavy atom. The van der Waals surface area contributed by atoms with E-state index in [1.54, 1.807) is 0 Å². The van der Waals surface area contributed by atoms with Crippen LogP contribution in [0.15, 0.2) is 24.3 Å². The Balaban J connectivity index is 2.64. The van der Waals surface area contributed by atoms with Crippen LogP contribution in [0.1, 0.15) is 18.5 Å². The van der Waals surface area contributed by atoms with Gasteiger partial charge in [0.1, 0.15) is 12.4 Å². The quantitative estimate of drug-likeness (QED) is 0.795. The molecule has 1 N–H and O–H groups in total. The van der Waals surface area contributed by atoms with Crippen molar-refractivity contribution in [1.82, 2.24) is 10.2 Å². The van der Waals surface area contributed by atoms with Crippen LogP contribution < -0.4 is 10.1 Å². The third-order valence-corrected chi connectivity index (χ3v) is 2.61. The molecule has 0 bridgehead atoms. The van der Waals surface area contributed by atoms with Crippen LogP contribution in [0.5, 0.6) is 5.75 Å². The molecule has 16 heavy (non-hydrogen) atoms. The van der Waals surface area contributed by atoms with E-state index in [-0.39, 0.29) is 0 Å². The van der Waals surface area contributed by atoms with E-state index < -0.39 is 0 Å². The van der Waals surface area contributed by atoms with Gasteiger partial charge in [-0.05, 0) is 34.1 Å². The van der Waals surface area contributed by atoms with Crippen molar-refractivity contribution in [2.75, 3.05) is 34.3 Å². The average Bonchev–Trinajstić information content (AvgIpc) is 2.28. The largest absolute Gasteiger partial charge is 0.492 e. The summed E-state index contributed by atoms with van der Waals surface area (Å²) in [7, 11) is 6.05. The molecule has 3 nitrogen and oxygen atoms in total.